The number of rotatable bonds is 48. The summed E-state index contributed by atoms with van der Waals surface area (Å²) >= 11 is 0. The van der Waals surface area contributed by atoms with Crippen LogP contribution in [0.2, 0.25) is 0 Å². The second-order valence-corrected chi connectivity index (χ2v) is 17.8. The summed E-state index contributed by atoms with van der Waals surface area (Å²) in [7, 11) is 0. The Labute approximate surface area is 418 Å². The van der Waals surface area contributed by atoms with Gasteiger partial charge in [-0.3, -0.25) is 14.4 Å². The predicted octanol–water partition coefficient (Wildman–Crippen LogP) is 18.5. The van der Waals surface area contributed by atoms with Crippen LogP contribution in [0, 0.1) is 0 Å². The predicted molar refractivity (Wildman–Crippen MR) is 293 cm³/mol. The second kappa shape index (κ2) is 55.4. The van der Waals surface area contributed by atoms with Gasteiger partial charge in [0.2, 0.25) is 0 Å². The molecule has 0 amide bonds. The van der Waals surface area contributed by atoms with Gasteiger partial charge in [-0.25, -0.2) is 0 Å². The number of allylic oxidation sites excluding steroid dienone is 20. The Bertz CT molecular complexity index is 1450. The van der Waals surface area contributed by atoms with E-state index >= 15 is 0 Å². The van der Waals surface area contributed by atoms with E-state index in [2.05, 4.69) is 142 Å². The minimum atomic E-state index is -0.803. The van der Waals surface area contributed by atoms with Crippen molar-refractivity contribution in [2.24, 2.45) is 0 Å². The highest BCUT2D eigenvalue weighted by Crippen LogP contribution is 2.13. The molecule has 0 aliphatic carbocycles. The molecule has 68 heavy (non-hydrogen) atoms. The standard InChI is InChI=1S/C62H100O6/c1-4-7-10-13-16-18-20-22-24-26-27-28-29-30-31-32-33-34-35-36-38-39-41-43-46-49-52-55-61(64)67-58-59(57-66-60(63)54-51-48-45-15-12-9-6-3)68-62(65)56-53-50-47-44-42-40-37-25-23-21-19-17-14-11-8-5-2/h7,10,16,18-19,21-22,24-25,27-28,30-31,33-34,36-38,41,43,59H,4-6,8-9,11-15,17,20,23,26,29,32,35,39-40,42,44-58H2,1-3H3/b10-7-,18-16-,21-19-,24-22-,28-27-,31-30-,34-33-,37-25-,38-36-,43-41-. The molecule has 0 spiro atoms. The Morgan fingerprint density at radius 3 is 0.941 bits per heavy atom. The maximum absolute atomic E-state index is 12.8. The topological polar surface area (TPSA) is 78.9 Å². The maximum atomic E-state index is 12.8. The highest BCUT2D eigenvalue weighted by atomic mass is 16.6. The molecule has 0 rings (SSSR count). The van der Waals surface area contributed by atoms with Crippen LogP contribution in [0.15, 0.2) is 122 Å². The molecule has 0 saturated carbocycles. The average molecular weight is 941 g/mol. The van der Waals surface area contributed by atoms with Gasteiger partial charge in [0.25, 0.3) is 0 Å². The molecule has 0 bridgehead atoms. The summed E-state index contributed by atoms with van der Waals surface area (Å²) in [5, 5.41) is 0. The van der Waals surface area contributed by atoms with Crippen LogP contribution in [-0.2, 0) is 28.6 Å². The fourth-order valence-corrected chi connectivity index (χ4v) is 7.07. The van der Waals surface area contributed by atoms with E-state index in [4.69, 9.17) is 14.2 Å². The summed E-state index contributed by atoms with van der Waals surface area (Å²) in [5.41, 5.74) is 0. The third kappa shape index (κ3) is 52.8. The van der Waals surface area contributed by atoms with Gasteiger partial charge >= 0.3 is 17.9 Å². The van der Waals surface area contributed by atoms with Gasteiger partial charge in [-0.1, -0.05) is 219 Å². The molecule has 0 saturated heterocycles. The van der Waals surface area contributed by atoms with Crippen molar-refractivity contribution in [3.8, 4) is 0 Å². The van der Waals surface area contributed by atoms with Crippen molar-refractivity contribution in [2.75, 3.05) is 13.2 Å². The van der Waals surface area contributed by atoms with E-state index in [1.807, 2.05) is 0 Å². The summed E-state index contributed by atoms with van der Waals surface area (Å²) in [6.07, 6.45) is 76.3. The maximum Gasteiger partial charge on any atom is 0.306 e. The minimum absolute atomic E-state index is 0.0999. The summed E-state index contributed by atoms with van der Waals surface area (Å²) in [6.45, 7) is 6.40. The third-order valence-corrected chi connectivity index (χ3v) is 11.2. The van der Waals surface area contributed by atoms with Crippen molar-refractivity contribution in [2.45, 2.75) is 239 Å². The second-order valence-electron chi connectivity index (χ2n) is 17.8. The van der Waals surface area contributed by atoms with Gasteiger partial charge in [0.05, 0.1) is 0 Å². The zero-order chi connectivity index (χ0) is 49.3. The number of hydrogen-bond donors (Lipinski definition) is 0. The number of ether oxygens (including phenoxy) is 3. The SMILES string of the molecule is CC/C=C\C/C=C\C/C=C\C/C=C\C/C=C\C/C=C\C/C=C\C/C=C\CCCCC(=O)OCC(COC(=O)CCCCCCCCC)OC(=O)CCCCCCC/C=C\C/C=C\CCCCCC. The molecule has 0 aromatic carbocycles. The first-order valence-corrected chi connectivity index (χ1v) is 27.5. The fourth-order valence-electron chi connectivity index (χ4n) is 7.07. The number of carbonyl (C=O) groups is 3. The average Bonchev–Trinajstić information content (AvgIpc) is 3.34. The highest BCUT2D eigenvalue weighted by Gasteiger charge is 2.19. The molecule has 0 aromatic rings. The van der Waals surface area contributed by atoms with Crippen molar-refractivity contribution in [1.82, 2.24) is 0 Å². The minimum Gasteiger partial charge on any atom is -0.462 e. The van der Waals surface area contributed by atoms with Crippen LogP contribution in [-0.4, -0.2) is 37.2 Å². The van der Waals surface area contributed by atoms with E-state index in [1.165, 1.54) is 57.8 Å². The van der Waals surface area contributed by atoms with Gasteiger partial charge in [0.1, 0.15) is 13.2 Å². The first-order valence-electron chi connectivity index (χ1n) is 27.5. The van der Waals surface area contributed by atoms with Crippen molar-refractivity contribution < 1.29 is 28.6 Å². The smallest absolute Gasteiger partial charge is 0.306 e. The van der Waals surface area contributed by atoms with Crippen molar-refractivity contribution in [1.29, 1.82) is 0 Å². The molecule has 384 valence electrons. The molecule has 6 heteroatoms. The van der Waals surface area contributed by atoms with Crippen molar-refractivity contribution >= 4 is 17.9 Å². The number of unbranched alkanes of at least 4 members (excludes halogenated alkanes) is 17. The van der Waals surface area contributed by atoms with Crippen LogP contribution in [0.3, 0.4) is 0 Å². The van der Waals surface area contributed by atoms with Crippen LogP contribution in [0.5, 0.6) is 0 Å². The lowest BCUT2D eigenvalue weighted by atomic mass is 10.1. The lowest BCUT2D eigenvalue weighted by Crippen LogP contribution is -2.30. The molecule has 0 aliphatic heterocycles. The molecule has 0 fully saturated rings. The molecule has 0 aromatic heterocycles. The number of carbonyl (C=O) groups excluding carboxylic acids is 3. The summed E-state index contributed by atoms with van der Waals surface area (Å²) in [4.78, 5) is 37.9. The van der Waals surface area contributed by atoms with Gasteiger partial charge in [-0.15, -0.1) is 0 Å². The Balaban J connectivity index is 4.34. The summed E-state index contributed by atoms with van der Waals surface area (Å²) in [6, 6.07) is 0. The van der Waals surface area contributed by atoms with Crippen LogP contribution in [0.1, 0.15) is 233 Å². The van der Waals surface area contributed by atoms with Gasteiger partial charge in [0, 0.05) is 19.3 Å². The van der Waals surface area contributed by atoms with Gasteiger partial charge in [0.15, 0.2) is 6.10 Å². The van der Waals surface area contributed by atoms with Crippen LogP contribution in [0.4, 0.5) is 0 Å². The number of hydrogen-bond acceptors (Lipinski definition) is 6. The normalized spacial score (nSPS) is 13.0. The van der Waals surface area contributed by atoms with E-state index in [0.717, 1.165) is 128 Å². The van der Waals surface area contributed by atoms with E-state index in [0.29, 0.717) is 25.7 Å². The molecule has 6 nitrogen and oxygen atoms in total. The zero-order valence-electron chi connectivity index (χ0n) is 43.8. The van der Waals surface area contributed by atoms with E-state index < -0.39 is 6.10 Å². The van der Waals surface area contributed by atoms with Crippen molar-refractivity contribution in [3.05, 3.63) is 122 Å². The molecular weight excluding hydrogens is 841 g/mol. The molecular formula is C62H100O6. The molecule has 0 N–H and O–H groups in total. The largest absolute Gasteiger partial charge is 0.462 e. The van der Waals surface area contributed by atoms with Gasteiger partial charge < -0.3 is 14.2 Å². The molecule has 1 unspecified atom stereocenters. The lowest BCUT2D eigenvalue weighted by molar-refractivity contribution is -0.167. The van der Waals surface area contributed by atoms with Crippen LogP contribution in [0.25, 0.3) is 0 Å². The lowest BCUT2D eigenvalue weighted by Gasteiger charge is -2.18. The summed E-state index contributed by atoms with van der Waals surface area (Å²) < 4.78 is 16.7. The monoisotopic (exact) mass is 941 g/mol. The first-order chi connectivity index (χ1) is 33.5. The molecule has 1 atom stereocenters. The third-order valence-electron chi connectivity index (χ3n) is 11.2. The van der Waals surface area contributed by atoms with E-state index in [9.17, 15) is 14.4 Å². The highest BCUT2D eigenvalue weighted by molar-refractivity contribution is 5.71. The first kappa shape index (κ1) is 63.8. The Kier molecular flexibility index (Phi) is 52.0. The van der Waals surface area contributed by atoms with Crippen molar-refractivity contribution in [3.63, 3.8) is 0 Å². The Hall–Kier alpha value is -4.19. The molecule has 0 aliphatic rings. The Morgan fingerprint density at radius 1 is 0.309 bits per heavy atom. The van der Waals surface area contributed by atoms with Gasteiger partial charge in [-0.2, -0.15) is 0 Å². The van der Waals surface area contributed by atoms with E-state index in [1.54, 1.807) is 0 Å². The van der Waals surface area contributed by atoms with Crippen LogP contribution >= 0.6 is 0 Å². The fraction of sp³-hybridized carbons (Fsp3) is 0.629. The molecule has 0 radical (unpaired) electrons. The van der Waals surface area contributed by atoms with Crippen LogP contribution < -0.4 is 0 Å². The summed E-state index contributed by atoms with van der Waals surface area (Å²) in [5.74, 6) is -0.972. The zero-order valence-corrected chi connectivity index (χ0v) is 43.8. The molecule has 0 heterocycles. The quantitative estimate of drug-likeness (QED) is 0.0262. The van der Waals surface area contributed by atoms with E-state index in [-0.39, 0.29) is 31.1 Å². The van der Waals surface area contributed by atoms with Gasteiger partial charge in [-0.05, 0) is 116 Å². The number of esters is 3. The Morgan fingerprint density at radius 2 is 0.574 bits per heavy atom.